The van der Waals surface area contributed by atoms with Crippen LogP contribution in [0.5, 0.6) is 0 Å². The number of aromatic amines is 1. The average Bonchev–Trinajstić information content (AvgIpc) is 2.72. The van der Waals surface area contributed by atoms with Gasteiger partial charge in [0, 0.05) is 18.1 Å². The first-order valence-corrected chi connectivity index (χ1v) is 6.04. The lowest BCUT2D eigenvalue weighted by Gasteiger charge is -2.09. The average molecular weight is 267 g/mol. The van der Waals surface area contributed by atoms with Gasteiger partial charge in [0.2, 0.25) is 0 Å². The Morgan fingerprint density at radius 3 is 2.89 bits per heavy atom. The molecule has 0 aliphatic rings. The molecule has 0 saturated heterocycles. The van der Waals surface area contributed by atoms with Gasteiger partial charge in [0.25, 0.3) is 5.56 Å². The maximum Gasteiger partial charge on any atom is 0.329 e. The Bertz CT molecular complexity index is 684. The number of aromatic nitrogens is 3. The molecule has 2 aromatic heterocycles. The predicted octanol–water partition coefficient (Wildman–Crippen LogP) is 0.0328. The molecular formula is C10H13N5O2S. The van der Waals surface area contributed by atoms with Crippen LogP contribution in [-0.4, -0.2) is 14.5 Å². The minimum Gasteiger partial charge on any atom is -0.383 e. The largest absolute Gasteiger partial charge is 0.383 e. The number of thiazole rings is 1. The molecule has 7 nitrogen and oxygen atoms in total. The number of aryl methyl sites for hydroxylation is 1. The molecule has 0 atom stereocenters. The second kappa shape index (κ2) is 4.65. The predicted molar refractivity (Wildman–Crippen MR) is 70.9 cm³/mol. The number of anilines is 2. The Kier molecular flexibility index (Phi) is 3.19. The highest BCUT2D eigenvalue weighted by Gasteiger charge is 2.10. The lowest BCUT2D eigenvalue weighted by atomic mass is 10.4. The summed E-state index contributed by atoms with van der Waals surface area (Å²) in [5.74, 6) is 0.108. The fourth-order valence-electron chi connectivity index (χ4n) is 1.45. The van der Waals surface area contributed by atoms with Crippen LogP contribution in [0, 0.1) is 6.92 Å². The second-order valence-corrected chi connectivity index (χ2v) is 5.12. The number of hydrogen-bond acceptors (Lipinski definition) is 6. The van der Waals surface area contributed by atoms with Gasteiger partial charge in [-0.1, -0.05) is 0 Å². The van der Waals surface area contributed by atoms with Crippen LogP contribution in [0.15, 0.2) is 15.8 Å². The van der Waals surface area contributed by atoms with E-state index in [4.69, 9.17) is 5.73 Å². The molecule has 0 amide bonds. The standard InChI is InChI=1S/C10H13N5O2S/c1-5-3-12-6(18-5)4-13-7-8(11)15(2)10(17)14-9(7)16/h3,13H,4,11H2,1-2H3,(H,14,16,17). The summed E-state index contributed by atoms with van der Waals surface area (Å²) < 4.78 is 1.18. The number of nitrogens with one attached hydrogen (secondary N) is 2. The van der Waals surface area contributed by atoms with Gasteiger partial charge < -0.3 is 11.1 Å². The molecule has 0 fully saturated rings. The van der Waals surface area contributed by atoms with Crippen molar-refractivity contribution in [2.75, 3.05) is 11.1 Å². The fraction of sp³-hybridized carbons (Fsp3) is 0.300. The Morgan fingerprint density at radius 1 is 1.56 bits per heavy atom. The van der Waals surface area contributed by atoms with Gasteiger partial charge in [0.05, 0.1) is 6.54 Å². The number of hydrogen-bond donors (Lipinski definition) is 3. The SMILES string of the molecule is Cc1cnc(CNc2c(N)n(C)c(=O)[nH]c2=O)s1. The van der Waals surface area contributed by atoms with Crippen molar-refractivity contribution in [3.63, 3.8) is 0 Å². The maximum atomic E-state index is 11.6. The van der Waals surface area contributed by atoms with E-state index in [0.717, 1.165) is 9.88 Å². The summed E-state index contributed by atoms with van der Waals surface area (Å²) in [5, 5.41) is 3.75. The van der Waals surface area contributed by atoms with E-state index in [1.54, 1.807) is 6.20 Å². The van der Waals surface area contributed by atoms with Crippen LogP contribution >= 0.6 is 11.3 Å². The molecule has 0 aromatic carbocycles. The first-order chi connectivity index (χ1) is 8.49. The summed E-state index contributed by atoms with van der Waals surface area (Å²) in [6.45, 7) is 2.35. The molecule has 0 bridgehead atoms. The quantitative estimate of drug-likeness (QED) is 0.727. The van der Waals surface area contributed by atoms with Gasteiger partial charge in [-0.25, -0.2) is 9.78 Å². The van der Waals surface area contributed by atoms with Crippen LogP contribution in [0.1, 0.15) is 9.88 Å². The number of nitrogen functional groups attached to an aromatic ring is 1. The van der Waals surface area contributed by atoms with E-state index in [0.29, 0.717) is 6.54 Å². The van der Waals surface area contributed by atoms with E-state index in [2.05, 4.69) is 15.3 Å². The Balaban J connectivity index is 2.27. The maximum absolute atomic E-state index is 11.6. The van der Waals surface area contributed by atoms with Gasteiger partial charge in [-0.2, -0.15) is 0 Å². The highest BCUT2D eigenvalue weighted by Crippen LogP contribution is 2.14. The van der Waals surface area contributed by atoms with Gasteiger partial charge in [-0.3, -0.25) is 14.3 Å². The van der Waals surface area contributed by atoms with E-state index in [-0.39, 0.29) is 11.5 Å². The summed E-state index contributed by atoms with van der Waals surface area (Å²) >= 11 is 1.53. The van der Waals surface area contributed by atoms with Crippen molar-refractivity contribution < 1.29 is 0 Å². The summed E-state index contributed by atoms with van der Waals surface area (Å²) in [6, 6.07) is 0. The molecule has 0 aliphatic heterocycles. The van der Waals surface area contributed by atoms with E-state index >= 15 is 0 Å². The second-order valence-electron chi connectivity index (χ2n) is 3.80. The minimum absolute atomic E-state index is 0.108. The van der Waals surface area contributed by atoms with Crippen molar-refractivity contribution in [2.45, 2.75) is 13.5 Å². The fourth-order valence-corrected chi connectivity index (χ4v) is 2.18. The molecule has 0 aliphatic carbocycles. The molecule has 18 heavy (non-hydrogen) atoms. The summed E-state index contributed by atoms with van der Waals surface area (Å²) in [5.41, 5.74) is 4.84. The first kappa shape index (κ1) is 12.4. The van der Waals surface area contributed by atoms with Crippen molar-refractivity contribution in [1.82, 2.24) is 14.5 Å². The summed E-state index contributed by atoms with van der Waals surface area (Å²) in [4.78, 5) is 30.3. The van der Waals surface area contributed by atoms with Gasteiger partial charge >= 0.3 is 5.69 Å². The van der Waals surface area contributed by atoms with E-state index in [1.807, 2.05) is 6.92 Å². The number of nitrogens with zero attached hydrogens (tertiary/aromatic N) is 2. The van der Waals surface area contributed by atoms with Gasteiger partial charge in [0.1, 0.15) is 16.5 Å². The van der Waals surface area contributed by atoms with Crippen LogP contribution in [0.2, 0.25) is 0 Å². The van der Waals surface area contributed by atoms with Crippen molar-refractivity contribution in [1.29, 1.82) is 0 Å². The number of H-pyrrole nitrogens is 1. The third kappa shape index (κ3) is 2.28. The van der Waals surface area contributed by atoms with E-state index in [9.17, 15) is 9.59 Å². The highest BCUT2D eigenvalue weighted by molar-refractivity contribution is 7.11. The first-order valence-electron chi connectivity index (χ1n) is 5.23. The van der Waals surface area contributed by atoms with Gasteiger partial charge in [-0.15, -0.1) is 11.3 Å². The van der Waals surface area contributed by atoms with E-state index < -0.39 is 11.2 Å². The van der Waals surface area contributed by atoms with E-state index in [1.165, 1.54) is 23.0 Å². The zero-order valence-corrected chi connectivity index (χ0v) is 10.8. The molecule has 0 radical (unpaired) electrons. The highest BCUT2D eigenvalue weighted by atomic mass is 32.1. The van der Waals surface area contributed by atoms with Crippen LogP contribution in [0.3, 0.4) is 0 Å². The zero-order chi connectivity index (χ0) is 13.3. The van der Waals surface area contributed by atoms with Crippen molar-refractivity contribution in [2.24, 2.45) is 7.05 Å². The number of nitrogens with two attached hydrogens (primary N) is 1. The Morgan fingerprint density at radius 2 is 2.28 bits per heavy atom. The number of rotatable bonds is 3. The van der Waals surface area contributed by atoms with Crippen LogP contribution in [0.4, 0.5) is 11.5 Å². The smallest absolute Gasteiger partial charge is 0.329 e. The monoisotopic (exact) mass is 267 g/mol. The summed E-state index contributed by atoms with van der Waals surface area (Å²) in [6.07, 6.45) is 1.76. The molecule has 0 saturated carbocycles. The molecule has 4 N–H and O–H groups in total. The van der Waals surface area contributed by atoms with Crippen LogP contribution < -0.4 is 22.3 Å². The van der Waals surface area contributed by atoms with Gasteiger partial charge in [0.15, 0.2) is 0 Å². The van der Waals surface area contributed by atoms with Crippen molar-refractivity contribution in [3.8, 4) is 0 Å². The molecule has 2 rings (SSSR count). The third-order valence-electron chi connectivity index (χ3n) is 2.46. The normalized spacial score (nSPS) is 10.6. The third-order valence-corrected chi connectivity index (χ3v) is 3.37. The Hall–Kier alpha value is -2.09. The Labute approximate surface area is 106 Å². The minimum atomic E-state index is -0.534. The van der Waals surface area contributed by atoms with Crippen LogP contribution in [-0.2, 0) is 13.6 Å². The molecule has 0 unspecified atom stereocenters. The molecule has 0 spiro atoms. The van der Waals surface area contributed by atoms with Crippen molar-refractivity contribution >= 4 is 22.8 Å². The van der Waals surface area contributed by atoms with Crippen molar-refractivity contribution in [3.05, 3.63) is 36.9 Å². The molecule has 2 aromatic rings. The van der Waals surface area contributed by atoms with Crippen LogP contribution in [0.25, 0.3) is 0 Å². The topological polar surface area (TPSA) is 106 Å². The summed E-state index contributed by atoms with van der Waals surface area (Å²) in [7, 11) is 1.49. The molecule has 96 valence electrons. The lowest BCUT2D eigenvalue weighted by molar-refractivity contribution is 0.812. The zero-order valence-electron chi connectivity index (χ0n) is 9.98. The molecule has 8 heteroatoms. The molecular weight excluding hydrogens is 254 g/mol. The van der Waals surface area contributed by atoms with Gasteiger partial charge in [-0.05, 0) is 6.92 Å². The molecule has 2 heterocycles. The lowest BCUT2D eigenvalue weighted by Crippen LogP contribution is -2.32.